The lowest BCUT2D eigenvalue weighted by atomic mass is 10.3. The topological polar surface area (TPSA) is 24.7 Å². The summed E-state index contributed by atoms with van der Waals surface area (Å²) in [5, 5.41) is 3.44. The Morgan fingerprint density at radius 3 is 2.09 bits per heavy atom. The first-order valence-corrected chi connectivity index (χ1v) is 3.79. The largest absolute Gasteiger partial charge is 0.227 e. The lowest BCUT2D eigenvalue weighted by Gasteiger charge is -1.77. The fourth-order valence-electron chi connectivity index (χ4n) is 0.983. The van der Waals surface area contributed by atoms with Crippen molar-refractivity contribution in [3.8, 4) is 0 Å². The van der Waals surface area contributed by atoms with Crippen molar-refractivity contribution in [3.05, 3.63) is 46.2 Å². The number of fused-ring (bicyclic) bond motifs is 1. The van der Waals surface area contributed by atoms with Crippen molar-refractivity contribution in [1.29, 1.82) is 0 Å². The molecule has 3 heteroatoms. The third-order valence-corrected chi connectivity index (χ3v) is 1.70. The molecule has 1 aromatic rings. The molecular weight excluding hydrogens is 156 g/mol. The number of para-hydroxylation sites is 2. The van der Waals surface area contributed by atoms with Crippen LogP contribution in [0, 0.1) is 0 Å². The van der Waals surface area contributed by atoms with E-state index in [0.717, 1.165) is 10.7 Å². The summed E-state index contributed by atoms with van der Waals surface area (Å²) in [4.78, 5) is 8.38. The van der Waals surface area contributed by atoms with E-state index in [1.165, 1.54) is 0 Å². The summed E-state index contributed by atoms with van der Waals surface area (Å²) in [5.41, 5.74) is 0. The van der Waals surface area contributed by atoms with Crippen LogP contribution in [0.3, 0.4) is 0 Å². The van der Waals surface area contributed by atoms with E-state index in [1.54, 1.807) is 5.41 Å². The number of thiol groups is 1. The highest BCUT2D eigenvalue weighted by Gasteiger charge is 1.97. The highest BCUT2D eigenvalue weighted by atomic mass is 32.1. The van der Waals surface area contributed by atoms with E-state index in [0.29, 0.717) is 5.82 Å². The lowest BCUT2D eigenvalue weighted by Crippen LogP contribution is -2.19. The zero-order valence-corrected chi connectivity index (χ0v) is 6.62. The second-order valence-corrected chi connectivity index (χ2v) is 2.46. The molecule has 1 aliphatic rings. The lowest BCUT2D eigenvalue weighted by molar-refractivity contribution is 1.24. The predicted octanol–water partition coefficient (Wildman–Crippen LogP) is 0.668. The molecule has 0 fully saturated rings. The Labute approximate surface area is 69.4 Å². The van der Waals surface area contributed by atoms with Crippen LogP contribution in [-0.4, -0.2) is 0 Å². The van der Waals surface area contributed by atoms with Crippen LogP contribution >= 0.6 is 12.6 Å². The van der Waals surface area contributed by atoms with Gasteiger partial charge in [0.15, 0.2) is 5.82 Å². The summed E-state index contributed by atoms with van der Waals surface area (Å²) in [6, 6.07) is 7.75. The minimum absolute atomic E-state index is 0.675. The van der Waals surface area contributed by atoms with Crippen molar-refractivity contribution in [2.45, 2.75) is 0 Å². The summed E-state index contributed by atoms with van der Waals surface area (Å²) in [6.45, 7) is 0. The molecule has 0 amide bonds. The number of nitrogens with zero attached hydrogens (tertiary/aromatic N) is 2. The van der Waals surface area contributed by atoms with E-state index in [2.05, 4.69) is 22.6 Å². The molecule has 11 heavy (non-hydrogen) atoms. The number of hydrogen-bond acceptors (Lipinski definition) is 3. The summed E-state index contributed by atoms with van der Waals surface area (Å²) in [6.07, 6.45) is 0. The van der Waals surface area contributed by atoms with Gasteiger partial charge >= 0.3 is 0 Å². The molecule has 0 bridgehead atoms. The molecule has 54 valence electrons. The third kappa shape index (κ3) is 1.07. The van der Waals surface area contributed by atoms with Crippen LogP contribution < -0.4 is 10.7 Å². The van der Waals surface area contributed by atoms with E-state index in [1.807, 2.05) is 24.3 Å². The molecular formula is C8H6N2S. The number of benzene rings is 1. The number of rotatable bonds is 0. The Kier molecular flexibility index (Phi) is 1.51. The van der Waals surface area contributed by atoms with Crippen LogP contribution in [0.4, 0.5) is 0 Å². The Morgan fingerprint density at radius 2 is 1.64 bits per heavy atom. The van der Waals surface area contributed by atoms with Gasteiger partial charge in [-0.25, -0.2) is 9.98 Å². The first-order chi connectivity index (χ1) is 5.40. The monoisotopic (exact) mass is 162 g/mol. The molecule has 1 aliphatic heterocycles. The van der Waals surface area contributed by atoms with Crippen molar-refractivity contribution >= 4 is 12.6 Å². The normalized spacial score (nSPS) is 13.4. The fraction of sp³-hybridized carbons (Fsp3) is 0. The van der Waals surface area contributed by atoms with E-state index < -0.39 is 0 Å². The van der Waals surface area contributed by atoms with E-state index >= 15 is 0 Å². The van der Waals surface area contributed by atoms with Gasteiger partial charge in [-0.3, -0.25) is 0 Å². The Morgan fingerprint density at radius 1 is 1.09 bits per heavy atom. The van der Waals surface area contributed by atoms with Gasteiger partial charge < -0.3 is 0 Å². The van der Waals surface area contributed by atoms with Crippen LogP contribution in [0.1, 0.15) is 0 Å². The van der Waals surface area contributed by atoms with E-state index in [-0.39, 0.29) is 0 Å². The maximum atomic E-state index is 4.19. The molecule has 0 aliphatic carbocycles. The second-order valence-electron chi connectivity index (χ2n) is 2.20. The van der Waals surface area contributed by atoms with Crippen molar-refractivity contribution in [3.63, 3.8) is 0 Å². The molecule has 0 N–H and O–H groups in total. The van der Waals surface area contributed by atoms with Gasteiger partial charge in [0.1, 0.15) is 0 Å². The minimum atomic E-state index is 0.675. The molecule has 0 aromatic heterocycles. The summed E-state index contributed by atoms with van der Waals surface area (Å²) in [5.74, 6) is 0.675. The van der Waals surface area contributed by atoms with Crippen molar-refractivity contribution in [1.82, 2.24) is 0 Å². The summed E-state index contributed by atoms with van der Waals surface area (Å²) in [7, 11) is 0. The van der Waals surface area contributed by atoms with Crippen molar-refractivity contribution in [2.75, 3.05) is 0 Å². The molecule has 0 atom stereocenters. The van der Waals surface area contributed by atoms with Gasteiger partial charge in [-0.15, -0.1) is 12.6 Å². The van der Waals surface area contributed by atoms with E-state index in [4.69, 9.17) is 0 Å². The van der Waals surface area contributed by atoms with Gasteiger partial charge in [-0.1, -0.05) is 12.1 Å². The summed E-state index contributed by atoms with van der Waals surface area (Å²) < 4.78 is 0. The van der Waals surface area contributed by atoms with Gasteiger partial charge in [0.2, 0.25) is 0 Å². The molecule has 1 heterocycles. The van der Waals surface area contributed by atoms with Crippen LogP contribution in [0.5, 0.6) is 0 Å². The zero-order valence-electron chi connectivity index (χ0n) is 5.73. The van der Waals surface area contributed by atoms with Gasteiger partial charge in [0.05, 0.1) is 10.7 Å². The standard InChI is InChI=1S/C8H6N2S/c11-5-8-9-6-3-1-2-4-7(6)10-8/h1-5,11H. The SMILES string of the molecule is SC=C1N=c2ccccc2=N1. The maximum Gasteiger partial charge on any atom is 0.159 e. The Bertz CT molecular complexity index is 383. The molecule has 1 aromatic carbocycles. The molecule has 0 saturated carbocycles. The quantitative estimate of drug-likeness (QED) is 0.542. The molecule has 0 saturated heterocycles. The number of hydrogen-bond donors (Lipinski definition) is 1. The van der Waals surface area contributed by atoms with Crippen molar-refractivity contribution in [2.24, 2.45) is 9.98 Å². The maximum absolute atomic E-state index is 4.19. The Hall–Kier alpha value is -1.09. The predicted molar refractivity (Wildman–Crippen MR) is 45.8 cm³/mol. The van der Waals surface area contributed by atoms with Gasteiger partial charge in [0.25, 0.3) is 0 Å². The van der Waals surface area contributed by atoms with Crippen molar-refractivity contribution < 1.29 is 0 Å². The molecule has 0 spiro atoms. The second kappa shape index (κ2) is 2.51. The first kappa shape index (κ1) is 6.61. The average molecular weight is 162 g/mol. The Balaban J connectivity index is 2.81. The minimum Gasteiger partial charge on any atom is -0.227 e. The first-order valence-electron chi connectivity index (χ1n) is 3.27. The third-order valence-electron chi connectivity index (χ3n) is 1.47. The molecule has 0 radical (unpaired) electrons. The smallest absolute Gasteiger partial charge is 0.159 e. The fourth-order valence-corrected chi connectivity index (χ4v) is 1.10. The average Bonchev–Trinajstić information content (AvgIpc) is 2.46. The molecule has 2 rings (SSSR count). The van der Waals surface area contributed by atoms with Gasteiger partial charge in [-0.2, -0.15) is 0 Å². The summed E-state index contributed by atoms with van der Waals surface area (Å²) >= 11 is 3.97. The van der Waals surface area contributed by atoms with Crippen LogP contribution in [0.15, 0.2) is 45.5 Å². The zero-order chi connectivity index (χ0) is 7.68. The van der Waals surface area contributed by atoms with Crippen LogP contribution in [0.25, 0.3) is 0 Å². The van der Waals surface area contributed by atoms with Crippen LogP contribution in [-0.2, 0) is 0 Å². The highest BCUT2D eigenvalue weighted by Crippen LogP contribution is 1.99. The van der Waals surface area contributed by atoms with E-state index in [9.17, 15) is 0 Å². The van der Waals surface area contributed by atoms with Gasteiger partial charge in [0, 0.05) is 5.41 Å². The highest BCUT2D eigenvalue weighted by molar-refractivity contribution is 7.83. The molecule has 0 unspecified atom stereocenters. The molecule has 2 nitrogen and oxygen atoms in total. The van der Waals surface area contributed by atoms with Gasteiger partial charge in [-0.05, 0) is 12.1 Å². The van der Waals surface area contributed by atoms with Crippen LogP contribution in [0.2, 0.25) is 0 Å².